The minimum absolute atomic E-state index is 0.306. The summed E-state index contributed by atoms with van der Waals surface area (Å²) in [5.74, 6) is 0. The standard InChI is InChI=1S/C46H32/c1-28-22-24-30(25-23-28)43-32-13-3-5-15-34(32)44(35-16-6-4-14-33(35)43)37-18-11-21-41-45(37)36-17-8-10-20-40(36)46(41)39-19-9-7-12-31(39)38-26-29(2)27-42(38)46/h3-25,27H,26H2,1-2H3. The molecule has 0 bridgehead atoms. The van der Waals surface area contributed by atoms with Crippen LogP contribution in [0.3, 0.4) is 0 Å². The number of benzene rings is 7. The minimum atomic E-state index is -0.306. The van der Waals surface area contributed by atoms with Crippen molar-refractivity contribution in [2.45, 2.75) is 25.7 Å². The van der Waals surface area contributed by atoms with Gasteiger partial charge >= 0.3 is 0 Å². The van der Waals surface area contributed by atoms with Gasteiger partial charge in [-0.1, -0.05) is 157 Å². The second-order valence-corrected chi connectivity index (χ2v) is 13.3. The van der Waals surface area contributed by atoms with Gasteiger partial charge in [-0.25, -0.2) is 0 Å². The molecule has 1 spiro atoms. The molecule has 216 valence electrons. The zero-order valence-corrected chi connectivity index (χ0v) is 26.1. The first-order valence-electron chi connectivity index (χ1n) is 16.4. The Bertz CT molecular complexity index is 2450. The Hall–Kier alpha value is -5.46. The molecule has 0 nitrogen and oxygen atoms in total. The summed E-state index contributed by atoms with van der Waals surface area (Å²) < 4.78 is 0. The van der Waals surface area contributed by atoms with Gasteiger partial charge in [0.2, 0.25) is 0 Å². The van der Waals surface area contributed by atoms with Crippen molar-refractivity contribution in [3.05, 3.63) is 185 Å². The zero-order valence-electron chi connectivity index (χ0n) is 26.1. The van der Waals surface area contributed by atoms with Gasteiger partial charge in [0.15, 0.2) is 0 Å². The number of allylic oxidation sites excluding steroid dienone is 4. The predicted octanol–water partition coefficient (Wildman–Crippen LogP) is 12.1. The van der Waals surface area contributed by atoms with Crippen molar-refractivity contribution in [1.29, 1.82) is 0 Å². The summed E-state index contributed by atoms with van der Waals surface area (Å²) >= 11 is 0. The van der Waals surface area contributed by atoms with Crippen molar-refractivity contribution in [3.8, 4) is 33.4 Å². The smallest absolute Gasteiger partial charge is 0.0686 e. The van der Waals surface area contributed by atoms with Crippen LogP contribution in [0.4, 0.5) is 0 Å². The van der Waals surface area contributed by atoms with Crippen LogP contribution in [-0.4, -0.2) is 0 Å². The van der Waals surface area contributed by atoms with E-state index in [-0.39, 0.29) is 5.41 Å². The van der Waals surface area contributed by atoms with Crippen molar-refractivity contribution < 1.29 is 0 Å². The molecule has 1 unspecified atom stereocenters. The lowest BCUT2D eigenvalue weighted by atomic mass is 9.69. The van der Waals surface area contributed by atoms with Crippen LogP contribution >= 0.6 is 0 Å². The van der Waals surface area contributed by atoms with Gasteiger partial charge in [0.1, 0.15) is 0 Å². The molecular weight excluding hydrogens is 553 g/mol. The molecule has 0 aliphatic heterocycles. The summed E-state index contributed by atoms with van der Waals surface area (Å²) in [6.07, 6.45) is 3.52. The highest BCUT2D eigenvalue weighted by Crippen LogP contribution is 2.65. The molecule has 0 saturated carbocycles. The van der Waals surface area contributed by atoms with Gasteiger partial charge in [0, 0.05) is 0 Å². The van der Waals surface area contributed by atoms with Crippen LogP contribution in [0.15, 0.2) is 157 Å². The van der Waals surface area contributed by atoms with Crippen LogP contribution < -0.4 is 0 Å². The van der Waals surface area contributed by atoms with E-state index in [4.69, 9.17) is 0 Å². The SMILES string of the molecule is CC1=CC2=C(C1)c1ccccc1C21c2ccccc2-c2c(-c3c4ccccc4c(-c4ccc(C)cc4)c4ccccc34)cccc21. The monoisotopic (exact) mass is 584 g/mol. The Kier molecular flexibility index (Phi) is 5.21. The normalized spacial score (nSPS) is 17.4. The van der Waals surface area contributed by atoms with Crippen LogP contribution in [0.25, 0.3) is 60.5 Å². The van der Waals surface area contributed by atoms with Gasteiger partial charge in [-0.15, -0.1) is 0 Å². The second kappa shape index (κ2) is 9.28. The average molecular weight is 585 g/mol. The van der Waals surface area contributed by atoms with Gasteiger partial charge in [-0.2, -0.15) is 0 Å². The van der Waals surface area contributed by atoms with Gasteiger partial charge in [-0.3, -0.25) is 0 Å². The Morgan fingerprint density at radius 2 is 0.957 bits per heavy atom. The van der Waals surface area contributed by atoms with E-state index in [2.05, 4.69) is 159 Å². The number of rotatable bonds is 2. The Morgan fingerprint density at radius 3 is 1.63 bits per heavy atom. The van der Waals surface area contributed by atoms with E-state index in [1.165, 1.54) is 99.5 Å². The highest BCUT2D eigenvalue weighted by atomic mass is 14.5. The molecule has 0 aromatic heterocycles. The van der Waals surface area contributed by atoms with E-state index in [0.29, 0.717) is 0 Å². The van der Waals surface area contributed by atoms with Crippen molar-refractivity contribution in [2.75, 3.05) is 0 Å². The molecule has 46 heavy (non-hydrogen) atoms. The van der Waals surface area contributed by atoms with E-state index in [9.17, 15) is 0 Å². The third kappa shape index (κ3) is 3.19. The van der Waals surface area contributed by atoms with E-state index in [1.54, 1.807) is 0 Å². The molecule has 0 N–H and O–H groups in total. The molecular formula is C46H32. The predicted molar refractivity (Wildman–Crippen MR) is 194 cm³/mol. The van der Waals surface area contributed by atoms with E-state index in [0.717, 1.165) is 6.42 Å². The quantitative estimate of drug-likeness (QED) is 0.177. The first-order valence-corrected chi connectivity index (χ1v) is 16.4. The van der Waals surface area contributed by atoms with Gasteiger partial charge < -0.3 is 0 Å². The molecule has 0 fully saturated rings. The summed E-state index contributed by atoms with van der Waals surface area (Å²) in [4.78, 5) is 0. The van der Waals surface area contributed by atoms with Crippen LogP contribution in [0, 0.1) is 6.92 Å². The highest BCUT2D eigenvalue weighted by Gasteiger charge is 2.53. The number of aryl methyl sites for hydroxylation is 1. The summed E-state index contributed by atoms with van der Waals surface area (Å²) in [5, 5.41) is 5.19. The Labute approximate surface area is 270 Å². The maximum absolute atomic E-state index is 2.50. The molecule has 1 atom stereocenters. The minimum Gasteiger partial charge on any atom is -0.0686 e. The fourth-order valence-corrected chi connectivity index (χ4v) is 9.12. The Balaban J connectivity index is 1.36. The van der Waals surface area contributed by atoms with Crippen LogP contribution in [-0.2, 0) is 5.41 Å². The van der Waals surface area contributed by atoms with Crippen LogP contribution in [0.5, 0.6) is 0 Å². The maximum Gasteiger partial charge on any atom is 0.0722 e. The maximum atomic E-state index is 2.50. The van der Waals surface area contributed by atoms with Crippen molar-refractivity contribution in [3.63, 3.8) is 0 Å². The molecule has 3 aliphatic carbocycles. The summed E-state index contributed by atoms with van der Waals surface area (Å²) in [6.45, 7) is 4.45. The molecule has 10 rings (SSSR count). The molecule has 3 aliphatic rings. The molecule has 0 radical (unpaired) electrons. The van der Waals surface area contributed by atoms with E-state index < -0.39 is 0 Å². The highest BCUT2D eigenvalue weighted by molar-refractivity contribution is 6.23. The molecule has 0 amide bonds. The first kappa shape index (κ1) is 25.8. The third-order valence-corrected chi connectivity index (χ3v) is 10.8. The van der Waals surface area contributed by atoms with Gasteiger partial charge in [0.25, 0.3) is 0 Å². The molecule has 7 aromatic rings. The fourth-order valence-electron chi connectivity index (χ4n) is 9.12. The lowest BCUT2D eigenvalue weighted by Crippen LogP contribution is -2.26. The van der Waals surface area contributed by atoms with Crippen molar-refractivity contribution >= 4 is 27.1 Å². The topological polar surface area (TPSA) is 0 Å². The zero-order chi connectivity index (χ0) is 30.6. The fraction of sp³-hybridized carbons (Fsp3) is 0.0870. The van der Waals surface area contributed by atoms with Crippen molar-refractivity contribution in [2.24, 2.45) is 0 Å². The second-order valence-electron chi connectivity index (χ2n) is 13.3. The van der Waals surface area contributed by atoms with Gasteiger partial charge in [0.05, 0.1) is 5.41 Å². The summed E-state index contributed by atoms with van der Waals surface area (Å²) in [5.41, 5.74) is 19.0. The molecule has 7 aromatic carbocycles. The molecule has 0 heterocycles. The van der Waals surface area contributed by atoms with E-state index in [1.807, 2.05) is 0 Å². The Morgan fingerprint density at radius 1 is 0.435 bits per heavy atom. The number of hydrogen-bond donors (Lipinski definition) is 0. The lowest BCUT2D eigenvalue weighted by molar-refractivity contribution is 0.786. The number of fused-ring (bicyclic) bond motifs is 11. The van der Waals surface area contributed by atoms with Crippen LogP contribution in [0.1, 0.15) is 41.2 Å². The van der Waals surface area contributed by atoms with E-state index >= 15 is 0 Å². The molecule has 0 heteroatoms. The largest absolute Gasteiger partial charge is 0.0722 e. The van der Waals surface area contributed by atoms with Crippen LogP contribution in [0.2, 0.25) is 0 Å². The third-order valence-electron chi connectivity index (χ3n) is 10.8. The molecule has 0 saturated heterocycles. The van der Waals surface area contributed by atoms with Crippen molar-refractivity contribution in [1.82, 2.24) is 0 Å². The lowest BCUT2D eigenvalue weighted by Gasteiger charge is -2.31. The summed E-state index contributed by atoms with van der Waals surface area (Å²) in [6, 6.07) is 52.6. The first-order chi connectivity index (χ1) is 22.7. The number of hydrogen-bond acceptors (Lipinski definition) is 0. The summed E-state index contributed by atoms with van der Waals surface area (Å²) in [7, 11) is 0. The average Bonchev–Trinajstić information content (AvgIpc) is 3.72. The van der Waals surface area contributed by atoms with Gasteiger partial charge in [-0.05, 0) is 109 Å².